The van der Waals surface area contributed by atoms with Crippen LogP contribution in [0, 0.1) is 5.41 Å². The lowest BCUT2D eigenvalue weighted by Crippen LogP contribution is -2.26. The minimum atomic E-state index is -0.787. The number of aryl methyl sites for hydroxylation is 1. The summed E-state index contributed by atoms with van der Waals surface area (Å²) in [5.41, 5.74) is -0.758. The van der Waals surface area contributed by atoms with Crippen LogP contribution >= 0.6 is 23.1 Å². The van der Waals surface area contributed by atoms with Crippen LogP contribution in [0.25, 0.3) is 10.2 Å². The lowest BCUT2D eigenvalue weighted by atomic mass is 9.97. The first kappa shape index (κ1) is 14.3. The number of aliphatic carboxylic acids is 1. The molecule has 102 valence electrons. The Hall–Kier alpha value is -1.14. The van der Waals surface area contributed by atoms with E-state index >= 15 is 0 Å². The van der Waals surface area contributed by atoms with E-state index < -0.39 is 11.4 Å². The third-order valence-electron chi connectivity index (χ3n) is 2.84. The van der Waals surface area contributed by atoms with E-state index in [1.807, 2.05) is 0 Å². The molecule has 4 nitrogen and oxygen atoms in total. The van der Waals surface area contributed by atoms with E-state index in [1.165, 1.54) is 16.6 Å². The number of nitrogens with zero attached hydrogens (tertiary/aromatic N) is 2. The predicted molar refractivity (Wildman–Crippen MR) is 78.9 cm³/mol. The second kappa shape index (κ2) is 5.46. The SMILES string of the molecule is CCc1cc2c(SCC(C)(C)C(=O)O)ncnc2s1. The Bertz CT molecular complexity index is 608. The van der Waals surface area contributed by atoms with Crippen LogP contribution in [0.15, 0.2) is 17.4 Å². The monoisotopic (exact) mass is 296 g/mol. The minimum Gasteiger partial charge on any atom is -0.481 e. The molecule has 0 aliphatic rings. The zero-order chi connectivity index (χ0) is 14.0. The molecule has 6 heteroatoms. The molecule has 0 aliphatic carbocycles. The van der Waals surface area contributed by atoms with E-state index in [-0.39, 0.29) is 0 Å². The average Bonchev–Trinajstić information content (AvgIpc) is 2.79. The summed E-state index contributed by atoms with van der Waals surface area (Å²) in [5, 5.41) is 11.0. The smallest absolute Gasteiger partial charge is 0.309 e. The quantitative estimate of drug-likeness (QED) is 0.676. The lowest BCUT2D eigenvalue weighted by Gasteiger charge is -2.17. The maximum Gasteiger partial charge on any atom is 0.309 e. The number of hydrogen-bond acceptors (Lipinski definition) is 5. The number of hydrogen-bond donors (Lipinski definition) is 1. The highest BCUT2D eigenvalue weighted by Gasteiger charge is 2.27. The number of aromatic nitrogens is 2. The number of carbonyl (C=O) groups is 1. The Labute approximate surface area is 120 Å². The van der Waals surface area contributed by atoms with Crippen LogP contribution in [-0.4, -0.2) is 26.8 Å². The van der Waals surface area contributed by atoms with Crippen LogP contribution in [0.2, 0.25) is 0 Å². The van der Waals surface area contributed by atoms with Gasteiger partial charge in [0.15, 0.2) is 0 Å². The highest BCUT2D eigenvalue weighted by atomic mass is 32.2. The fourth-order valence-corrected chi connectivity index (χ4v) is 3.54. The fraction of sp³-hybridized carbons (Fsp3) is 0.462. The number of carboxylic acids is 1. The van der Waals surface area contributed by atoms with Crippen molar-refractivity contribution in [3.63, 3.8) is 0 Å². The third kappa shape index (κ3) is 3.06. The molecule has 0 bridgehead atoms. The van der Waals surface area contributed by atoms with Crippen LogP contribution in [-0.2, 0) is 11.2 Å². The Balaban J connectivity index is 2.26. The summed E-state index contributed by atoms with van der Waals surface area (Å²) < 4.78 is 0. The van der Waals surface area contributed by atoms with Crippen molar-refractivity contribution in [3.8, 4) is 0 Å². The van der Waals surface area contributed by atoms with E-state index in [1.54, 1.807) is 31.5 Å². The lowest BCUT2D eigenvalue weighted by molar-refractivity contribution is -0.145. The van der Waals surface area contributed by atoms with Gasteiger partial charge in [-0.2, -0.15) is 0 Å². The number of thiophene rings is 1. The maximum atomic E-state index is 11.1. The third-order valence-corrected chi connectivity index (χ3v) is 5.49. The van der Waals surface area contributed by atoms with Gasteiger partial charge in [0.2, 0.25) is 0 Å². The van der Waals surface area contributed by atoms with Crippen molar-refractivity contribution in [2.75, 3.05) is 5.75 Å². The molecule has 2 rings (SSSR count). The second-order valence-electron chi connectivity index (χ2n) is 4.94. The Kier molecular flexibility index (Phi) is 4.10. The second-order valence-corrected chi connectivity index (χ2v) is 7.02. The Morgan fingerprint density at radius 3 is 2.84 bits per heavy atom. The molecule has 0 spiro atoms. The molecule has 0 radical (unpaired) electrons. The van der Waals surface area contributed by atoms with Gasteiger partial charge in [-0.1, -0.05) is 6.92 Å². The fourth-order valence-electron chi connectivity index (χ4n) is 1.48. The molecule has 2 aromatic heterocycles. The summed E-state index contributed by atoms with van der Waals surface area (Å²) in [6.45, 7) is 5.57. The highest BCUT2D eigenvalue weighted by molar-refractivity contribution is 7.99. The summed E-state index contributed by atoms with van der Waals surface area (Å²) in [6, 6.07) is 2.11. The molecule has 0 atom stereocenters. The molecule has 0 amide bonds. The molecule has 19 heavy (non-hydrogen) atoms. The van der Waals surface area contributed by atoms with Gasteiger partial charge >= 0.3 is 5.97 Å². The van der Waals surface area contributed by atoms with Gasteiger partial charge < -0.3 is 5.11 Å². The maximum absolute atomic E-state index is 11.1. The summed E-state index contributed by atoms with van der Waals surface area (Å²) in [4.78, 5) is 21.9. The van der Waals surface area contributed by atoms with E-state index in [0.29, 0.717) is 5.75 Å². The molecule has 1 N–H and O–H groups in total. The van der Waals surface area contributed by atoms with Gasteiger partial charge in [0, 0.05) is 16.0 Å². The number of thioether (sulfide) groups is 1. The molecular formula is C13H16N2O2S2. The molecule has 0 aliphatic heterocycles. The van der Waals surface area contributed by atoms with Gasteiger partial charge in [-0.25, -0.2) is 9.97 Å². The van der Waals surface area contributed by atoms with E-state index in [9.17, 15) is 4.79 Å². The van der Waals surface area contributed by atoms with Gasteiger partial charge in [-0.3, -0.25) is 4.79 Å². The van der Waals surface area contributed by atoms with Crippen molar-refractivity contribution in [2.24, 2.45) is 5.41 Å². The highest BCUT2D eigenvalue weighted by Crippen LogP contribution is 2.34. The van der Waals surface area contributed by atoms with Gasteiger partial charge in [0.1, 0.15) is 16.2 Å². The largest absolute Gasteiger partial charge is 0.481 e. The normalized spacial score (nSPS) is 11.9. The molecule has 2 aromatic rings. The predicted octanol–water partition coefficient (Wildman–Crippen LogP) is 3.46. The summed E-state index contributed by atoms with van der Waals surface area (Å²) in [6.07, 6.45) is 2.53. The van der Waals surface area contributed by atoms with Gasteiger partial charge in [-0.15, -0.1) is 23.1 Å². The molecule has 0 unspecified atom stereocenters. The van der Waals surface area contributed by atoms with Crippen molar-refractivity contribution in [1.82, 2.24) is 9.97 Å². The first-order valence-electron chi connectivity index (χ1n) is 6.03. The van der Waals surface area contributed by atoms with Crippen molar-refractivity contribution >= 4 is 39.3 Å². The van der Waals surface area contributed by atoms with Crippen LogP contribution in [0.3, 0.4) is 0 Å². The van der Waals surface area contributed by atoms with Crippen LogP contribution in [0.4, 0.5) is 0 Å². The molecule has 0 fully saturated rings. The van der Waals surface area contributed by atoms with Crippen molar-refractivity contribution in [3.05, 3.63) is 17.3 Å². The Morgan fingerprint density at radius 2 is 2.21 bits per heavy atom. The minimum absolute atomic E-state index is 0.492. The summed E-state index contributed by atoms with van der Waals surface area (Å²) in [5.74, 6) is -0.295. The zero-order valence-electron chi connectivity index (χ0n) is 11.1. The van der Waals surface area contributed by atoms with Crippen LogP contribution in [0.1, 0.15) is 25.6 Å². The average molecular weight is 296 g/mol. The van der Waals surface area contributed by atoms with Crippen LogP contribution in [0.5, 0.6) is 0 Å². The van der Waals surface area contributed by atoms with E-state index in [2.05, 4.69) is 23.0 Å². The molecule has 0 saturated carbocycles. The molecule has 0 aromatic carbocycles. The molecular weight excluding hydrogens is 280 g/mol. The zero-order valence-corrected chi connectivity index (χ0v) is 12.8. The van der Waals surface area contributed by atoms with Gasteiger partial charge in [0.25, 0.3) is 0 Å². The molecule has 0 saturated heterocycles. The van der Waals surface area contributed by atoms with Gasteiger partial charge in [0.05, 0.1) is 5.41 Å². The van der Waals surface area contributed by atoms with Crippen molar-refractivity contribution < 1.29 is 9.90 Å². The van der Waals surface area contributed by atoms with Crippen molar-refractivity contribution in [2.45, 2.75) is 32.2 Å². The van der Waals surface area contributed by atoms with E-state index in [0.717, 1.165) is 21.7 Å². The number of carboxylic acid groups (broad SMARTS) is 1. The topological polar surface area (TPSA) is 63.1 Å². The van der Waals surface area contributed by atoms with E-state index in [4.69, 9.17) is 5.11 Å². The molecule has 2 heterocycles. The number of rotatable bonds is 5. The summed E-state index contributed by atoms with van der Waals surface area (Å²) >= 11 is 3.15. The first-order valence-corrected chi connectivity index (χ1v) is 7.84. The van der Waals surface area contributed by atoms with Gasteiger partial charge in [-0.05, 0) is 26.3 Å². The Morgan fingerprint density at radius 1 is 1.47 bits per heavy atom. The standard InChI is InChI=1S/C13H16N2O2S2/c1-4-8-5-9-10(14-7-15-11(9)19-8)18-6-13(2,3)12(16)17/h5,7H,4,6H2,1-3H3,(H,16,17). The number of fused-ring (bicyclic) bond motifs is 1. The van der Waals surface area contributed by atoms with Crippen molar-refractivity contribution in [1.29, 1.82) is 0 Å². The first-order chi connectivity index (χ1) is 8.94. The summed E-state index contributed by atoms with van der Waals surface area (Å²) in [7, 11) is 0. The van der Waals surface area contributed by atoms with Crippen LogP contribution < -0.4 is 0 Å².